The van der Waals surface area contributed by atoms with Gasteiger partial charge in [0, 0.05) is 36.4 Å². The molecule has 0 aromatic carbocycles. The zero-order chi connectivity index (χ0) is 24.7. The van der Waals surface area contributed by atoms with Gasteiger partial charge in [0.1, 0.15) is 0 Å². The summed E-state index contributed by atoms with van der Waals surface area (Å²) in [5, 5.41) is 2.63. The number of allylic oxidation sites excluding steroid dienone is 3. The molecule has 0 fully saturated rings. The highest BCUT2D eigenvalue weighted by atomic mass is 19.2. The average molecular weight is 450 g/mol. The molecule has 1 amide bonds. The molecule has 2 N–H and O–H groups in total. The van der Waals surface area contributed by atoms with Gasteiger partial charge in [-0.25, -0.2) is 13.1 Å². The Morgan fingerprint density at radius 1 is 1.09 bits per heavy atom. The van der Waals surface area contributed by atoms with Crippen LogP contribution in [-0.4, -0.2) is 35.5 Å². The first-order valence-corrected chi connectivity index (χ1v) is 11.9. The minimum Gasteiger partial charge on any atom is -0.359 e. The van der Waals surface area contributed by atoms with Gasteiger partial charge in [-0.05, 0) is 45.2 Å². The predicted molar refractivity (Wildman–Crippen MR) is 134 cm³/mol. The second-order valence-electron chi connectivity index (χ2n) is 7.84. The molecule has 0 aliphatic carbocycles. The van der Waals surface area contributed by atoms with Crippen molar-refractivity contribution >= 4 is 25.1 Å². The fourth-order valence-electron chi connectivity index (χ4n) is 3.82. The molecule has 7 heteroatoms. The lowest BCUT2D eigenvalue weighted by Crippen LogP contribution is -2.25. The fraction of sp³-hybridized carbons (Fsp3) is 0.600. The Bertz CT molecular complexity index is 795. The van der Waals surface area contributed by atoms with Crippen molar-refractivity contribution in [2.75, 3.05) is 6.54 Å². The summed E-state index contributed by atoms with van der Waals surface area (Å²) in [6.45, 7) is 16.7. The first-order chi connectivity index (χ1) is 15.3. The second-order valence-corrected chi connectivity index (χ2v) is 7.84. The van der Waals surface area contributed by atoms with E-state index in [4.69, 9.17) is 0 Å². The Hall–Kier alpha value is -2.18. The van der Waals surface area contributed by atoms with E-state index in [9.17, 15) is 13.4 Å². The molecule has 0 saturated carbocycles. The number of hydrogen-bond donors (Lipinski definition) is 2. The number of rotatable bonds is 10. The molecule has 2 heterocycles. The molecule has 1 aromatic rings. The molecule has 0 unspecified atom stereocenters. The third kappa shape index (κ3) is 9.13. The topological polar surface area (TPSA) is 47.9 Å². The number of aromatic nitrogens is 1. The van der Waals surface area contributed by atoms with Crippen LogP contribution in [0.3, 0.4) is 0 Å². The van der Waals surface area contributed by atoms with Crippen LogP contribution in [0.2, 0.25) is 0 Å². The number of unbranched alkanes of at least 4 members (excludes halogenated alkanes) is 3. The minimum absolute atomic E-state index is 0.604. The molecular weight excluding hydrogens is 407 g/mol. The normalized spacial score (nSPS) is 14.1. The van der Waals surface area contributed by atoms with Crippen LogP contribution in [-0.2, 0) is 4.79 Å². The molecule has 1 aliphatic rings. The molecule has 2 rings (SSSR count). The number of carbonyl (C=O) groups is 1. The zero-order valence-corrected chi connectivity index (χ0v) is 21.4. The van der Waals surface area contributed by atoms with Crippen LogP contribution < -0.4 is 5.32 Å². The van der Waals surface area contributed by atoms with Gasteiger partial charge in [0.2, 0.25) is 6.41 Å². The monoisotopic (exact) mass is 450 g/mol. The van der Waals surface area contributed by atoms with E-state index in [2.05, 4.69) is 30.2 Å². The Kier molecular flexibility index (Phi) is 15.3. The van der Waals surface area contributed by atoms with Gasteiger partial charge in [0.05, 0.1) is 5.69 Å². The molecule has 32 heavy (non-hydrogen) atoms. The second kappa shape index (κ2) is 16.5. The lowest BCUT2D eigenvalue weighted by Gasteiger charge is -2.10. The standard InChI is InChI=1S/C16H21BF2N2.C7H15NO.C2H6/c1-6-7-14(15-10(2)8-12(4)20-15)16-11(3)9-13(5)21(16)17(18)19;1-2-3-4-5-6-8-7-9;1-2/h8-9H,6-7H2,1-5H3;7H,2-6H2,1H3,(H,8,9);1-2H3/p+1. The van der Waals surface area contributed by atoms with Gasteiger partial charge in [-0.3, -0.25) is 4.79 Å². The highest BCUT2D eigenvalue weighted by Gasteiger charge is 2.44. The molecule has 0 saturated heterocycles. The third-order valence-electron chi connectivity index (χ3n) is 5.11. The van der Waals surface area contributed by atoms with Gasteiger partial charge >= 0.3 is 7.40 Å². The van der Waals surface area contributed by atoms with Gasteiger partial charge < -0.3 is 10.3 Å². The summed E-state index contributed by atoms with van der Waals surface area (Å²) in [5.74, 6) is 0. The number of H-pyrrole nitrogens is 1. The van der Waals surface area contributed by atoms with Gasteiger partial charge in [0.15, 0.2) is 11.4 Å². The number of aryl methyl sites for hydroxylation is 2. The summed E-state index contributed by atoms with van der Waals surface area (Å²) < 4.78 is 28.1. The quantitative estimate of drug-likeness (QED) is 0.229. The Balaban J connectivity index is 0.000000738. The fourth-order valence-corrected chi connectivity index (χ4v) is 3.82. The summed E-state index contributed by atoms with van der Waals surface area (Å²) >= 11 is 0. The number of halogens is 2. The van der Waals surface area contributed by atoms with E-state index in [0.717, 1.165) is 64.8 Å². The van der Waals surface area contributed by atoms with Crippen molar-refractivity contribution in [3.63, 3.8) is 0 Å². The number of aromatic amines is 1. The number of nitrogens with zero attached hydrogens (tertiary/aromatic N) is 1. The molecule has 0 atom stereocenters. The van der Waals surface area contributed by atoms with Gasteiger partial charge in [-0.1, -0.05) is 53.4 Å². The maximum absolute atomic E-state index is 13.5. The van der Waals surface area contributed by atoms with Crippen LogP contribution in [0.25, 0.3) is 5.57 Å². The SMILES string of the molecule is CC.CCC/C(=C1\C(C)=CC(C)=[N+]1B(F)F)c1[nH]c(C)cc1C.CCCCCCNC=O. The van der Waals surface area contributed by atoms with Crippen LogP contribution in [0.5, 0.6) is 0 Å². The summed E-state index contributed by atoms with van der Waals surface area (Å²) in [4.78, 5) is 13.1. The zero-order valence-electron chi connectivity index (χ0n) is 21.4. The van der Waals surface area contributed by atoms with Crippen LogP contribution in [0.15, 0.2) is 23.4 Å². The summed E-state index contributed by atoms with van der Waals surface area (Å²) in [6.07, 6.45) is 9.16. The van der Waals surface area contributed by atoms with E-state index in [1.807, 2.05) is 40.7 Å². The molecule has 0 spiro atoms. The smallest absolute Gasteiger partial charge is 0.359 e. The van der Waals surface area contributed by atoms with Crippen molar-refractivity contribution in [2.45, 2.75) is 93.9 Å². The van der Waals surface area contributed by atoms with E-state index < -0.39 is 7.40 Å². The first kappa shape index (κ1) is 29.8. The molecule has 1 aliphatic heterocycles. The van der Waals surface area contributed by atoms with Crippen molar-refractivity contribution in [1.82, 2.24) is 10.3 Å². The average Bonchev–Trinajstić information content (AvgIpc) is 3.25. The third-order valence-corrected chi connectivity index (χ3v) is 5.11. The highest BCUT2D eigenvalue weighted by Crippen LogP contribution is 2.33. The van der Waals surface area contributed by atoms with Crippen molar-refractivity contribution in [2.24, 2.45) is 0 Å². The molecule has 1 aromatic heterocycles. The van der Waals surface area contributed by atoms with Crippen molar-refractivity contribution in [3.05, 3.63) is 40.4 Å². The van der Waals surface area contributed by atoms with E-state index in [0.29, 0.717) is 11.4 Å². The molecule has 4 nitrogen and oxygen atoms in total. The van der Waals surface area contributed by atoms with Gasteiger partial charge in [0.25, 0.3) is 0 Å². The number of nitrogens with one attached hydrogen (secondary N) is 2. The van der Waals surface area contributed by atoms with E-state index >= 15 is 0 Å². The van der Waals surface area contributed by atoms with Gasteiger partial charge in [-0.15, -0.1) is 0 Å². The largest absolute Gasteiger partial charge is 0.934 e. The molecule has 180 valence electrons. The number of hydrogen-bond acceptors (Lipinski definition) is 1. The maximum atomic E-state index is 13.5. The summed E-state index contributed by atoms with van der Waals surface area (Å²) in [7, 11) is -2.52. The molecule has 0 bridgehead atoms. The Labute approximate surface area is 194 Å². The van der Waals surface area contributed by atoms with E-state index in [1.165, 1.54) is 19.3 Å². The Morgan fingerprint density at radius 3 is 2.22 bits per heavy atom. The highest BCUT2D eigenvalue weighted by molar-refractivity contribution is 6.35. The van der Waals surface area contributed by atoms with Crippen LogP contribution in [0, 0.1) is 13.8 Å². The predicted octanol–water partition coefficient (Wildman–Crippen LogP) is 6.84. The van der Waals surface area contributed by atoms with E-state index in [-0.39, 0.29) is 0 Å². The van der Waals surface area contributed by atoms with Crippen LogP contribution in [0.1, 0.15) is 97.0 Å². The van der Waals surface area contributed by atoms with E-state index in [1.54, 1.807) is 6.92 Å². The van der Waals surface area contributed by atoms with Crippen LogP contribution >= 0.6 is 0 Å². The first-order valence-electron chi connectivity index (χ1n) is 11.9. The molecule has 0 radical (unpaired) electrons. The molecular formula is C25H43BF2N3O+. The van der Waals surface area contributed by atoms with Crippen molar-refractivity contribution in [1.29, 1.82) is 0 Å². The minimum atomic E-state index is -2.52. The maximum Gasteiger partial charge on any atom is 0.934 e. The summed E-state index contributed by atoms with van der Waals surface area (Å²) in [5.41, 5.74) is 6.30. The summed E-state index contributed by atoms with van der Waals surface area (Å²) in [6, 6.07) is 2.06. The number of amides is 1. The van der Waals surface area contributed by atoms with Gasteiger partial charge in [-0.2, -0.15) is 0 Å². The van der Waals surface area contributed by atoms with Crippen LogP contribution in [0.4, 0.5) is 8.63 Å². The lowest BCUT2D eigenvalue weighted by atomic mass is 9.97. The number of carbonyl (C=O) groups excluding carboxylic acids is 1. The lowest BCUT2D eigenvalue weighted by molar-refractivity contribution is -0.343. The van der Waals surface area contributed by atoms with Crippen molar-refractivity contribution in [3.8, 4) is 0 Å². The Morgan fingerprint density at radius 2 is 1.75 bits per heavy atom. The van der Waals surface area contributed by atoms with Crippen molar-refractivity contribution < 1.29 is 17.9 Å².